The number of hydrogen-bond donors (Lipinski definition) is 2. The molecule has 0 bridgehead atoms. The second kappa shape index (κ2) is 7.29. The summed E-state index contributed by atoms with van der Waals surface area (Å²) in [5.74, 6) is 0.349. The van der Waals surface area contributed by atoms with Gasteiger partial charge in [-0.15, -0.1) is 0 Å². The van der Waals surface area contributed by atoms with Crippen LogP contribution >= 0.6 is 0 Å². The Morgan fingerprint density at radius 1 is 1.17 bits per heavy atom. The number of aryl methyl sites for hydroxylation is 1. The number of amides is 1. The average molecular weight is 346 g/mol. The maximum absolute atomic E-state index is 12.0. The number of rotatable bonds is 5. The fourth-order valence-corrected chi connectivity index (χ4v) is 2.86. The molecule has 0 aliphatic carbocycles. The lowest BCUT2D eigenvalue weighted by molar-refractivity contribution is -0.111. The maximum atomic E-state index is 12.0. The number of ether oxygens (including phenoxy) is 1. The first-order chi connectivity index (χ1) is 11.3. The van der Waals surface area contributed by atoms with E-state index in [1.165, 1.54) is 12.1 Å². The summed E-state index contributed by atoms with van der Waals surface area (Å²) in [5.41, 5.74) is 1.71. The highest BCUT2D eigenvalue weighted by atomic mass is 32.2. The van der Waals surface area contributed by atoms with Gasteiger partial charge in [-0.3, -0.25) is 4.79 Å². The van der Waals surface area contributed by atoms with Crippen LogP contribution in [0.1, 0.15) is 11.1 Å². The van der Waals surface area contributed by atoms with Crippen LogP contribution < -0.4 is 15.2 Å². The number of primary sulfonamides is 1. The van der Waals surface area contributed by atoms with E-state index in [1.54, 1.807) is 44.4 Å². The SMILES string of the molecule is COc1ccc(/C=C/C(=O)Nc2ccc(C)c(S(N)(=O)=O)c2)cc1. The van der Waals surface area contributed by atoms with Crippen LogP contribution in [-0.4, -0.2) is 21.4 Å². The van der Waals surface area contributed by atoms with Gasteiger partial charge in [0.05, 0.1) is 12.0 Å². The Bertz CT molecular complexity index is 872. The number of nitrogens with two attached hydrogens (primary N) is 1. The number of anilines is 1. The van der Waals surface area contributed by atoms with E-state index in [9.17, 15) is 13.2 Å². The molecule has 0 saturated carbocycles. The number of carbonyl (C=O) groups excluding carboxylic acids is 1. The first-order valence-corrected chi connectivity index (χ1v) is 8.61. The third-order valence-electron chi connectivity index (χ3n) is 3.31. The van der Waals surface area contributed by atoms with Gasteiger partial charge in [-0.25, -0.2) is 13.6 Å². The summed E-state index contributed by atoms with van der Waals surface area (Å²) in [7, 11) is -2.26. The number of methoxy groups -OCH3 is 1. The molecule has 0 heterocycles. The van der Waals surface area contributed by atoms with E-state index in [1.807, 2.05) is 12.1 Å². The maximum Gasteiger partial charge on any atom is 0.248 e. The Labute approximate surface area is 141 Å². The number of hydrogen-bond acceptors (Lipinski definition) is 4. The molecule has 0 atom stereocenters. The van der Waals surface area contributed by atoms with Crippen molar-refractivity contribution in [3.8, 4) is 5.75 Å². The van der Waals surface area contributed by atoms with E-state index >= 15 is 0 Å². The minimum absolute atomic E-state index is 0.0144. The third-order valence-corrected chi connectivity index (χ3v) is 4.36. The van der Waals surface area contributed by atoms with Crippen LogP contribution in [0.4, 0.5) is 5.69 Å². The lowest BCUT2D eigenvalue weighted by Gasteiger charge is -2.07. The first kappa shape index (κ1) is 17.7. The van der Waals surface area contributed by atoms with Crippen molar-refractivity contribution in [1.29, 1.82) is 0 Å². The Hall–Kier alpha value is -2.64. The van der Waals surface area contributed by atoms with Crippen molar-refractivity contribution in [2.75, 3.05) is 12.4 Å². The van der Waals surface area contributed by atoms with Crippen LogP contribution in [0.5, 0.6) is 5.75 Å². The zero-order valence-electron chi connectivity index (χ0n) is 13.3. The molecule has 7 heteroatoms. The molecular formula is C17H18N2O4S. The predicted octanol–water partition coefficient (Wildman–Crippen LogP) is 2.30. The second-order valence-corrected chi connectivity index (χ2v) is 6.65. The average Bonchev–Trinajstić information content (AvgIpc) is 2.54. The number of carbonyl (C=O) groups is 1. The molecule has 0 radical (unpaired) electrons. The van der Waals surface area contributed by atoms with Crippen molar-refractivity contribution in [2.24, 2.45) is 5.14 Å². The lowest BCUT2D eigenvalue weighted by atomic mass is 10.2. The number of sulfonamides is 1. The topological polar surface area (TPSA) is 98.5 Å². The van der Waals surface area contributed by atoms with Gasteiger partial charge in [-0.05, 0) is 48.4 Å². The Morgan fingerprint density at radius 3 is 2.42 bits per heavy atom. The van der Waals surface area contributed by atoms with Crippen LogP contribution in [-0.2, 0) is 14.8 Å². The molecule has 0 aliphatic rings. The molecule has 0 aliphatic heterocycles. The molecular weight excluding hydrogens is 328 g/mol. The van der Waals surface area contributed by atoms with E-state index in [4.69, 9.17) is 9.88 Å². The zero-order valence-corrected chi connectivity index (χ0v) is 14.1. The normalized spacial score (nSPS) is 11.5. The summed E-state index contributed by atoms with van der Waals surface area (Å²) in [4.78, 5) is 11.9. The molecule has 2 aromatic rings. The summed E-state index contributed by atoms with van der Waals surface area (Å²) in [6, 6.07) is 11.7. The lowest BCUT2D eigenvalue weighted by Crippen LogP contribution is -2.15. The van der Waals surface area contributed by atoms with Gasteiger partial charge in [0.2, 0.25) is 15.9 Å². The molecule has 1 amide bonds. The van der Waals surface area contributed by atoms with E-state index in [-0.39, 0.29) is 10.8 Å². The highest BCUT2D eigenvalue weighted by Crippen LogP contribution is 2.19. The fourth-order valence-electron chi connectivity index (χ4n) is 2.06. The van der Waals surface area contributed by atoms with E-state index in [2.05, 4.69) is 5.32 Å². The van der Waals surface area contributed by atoms with Gasteiger partial charge in [-0.2, -0.15) is 0 Å². The van der Waals surface area contributed by atoms with Gasteiger partial charge in [0, 0.05) is 11.8 Å². The Morgan fingerprint density at radius 2 is 1.83 bits per heavy atom. The van der Waals surface area contributed by atoms with E-state index in [0.717, 1.165) is 11.3 Å². The highest BCUT2D eigenvalue weighted by molar-refractivity contribution is 7.89. The molecule has 24 heavy (non-hydrogen) atoms. The zero-order chi connectivity index (χ0) is 17.7. The van der Waals surface area contributed by atoms with Gasteiger partial charge in [-0.1, -0.05) is 18.2 Å². The van der Waals surface area contributed by atoms with Gasteiger partial charge < -0.3 is 10.1 Å². The van der Waals surface area contributed by atoms with Crippen LogP contribution in [0.15, 0.2) is 53.4 Å². The number of nitrogens with one attached hydrogen (secondary N) is 1. The van der Waals surface area contributed by atoms with Crippen molar-refractivity contribution in [2.45, 2.75) is 11.8 Å². The number of benzene rings is 2. The molecule has 3 N–H and O–H groups in total. The van der Waals surface area contributed by atoms with Crippen molar-refractivity contribution >= 4 is 27.7 Å². The van der Waals surface area contributed by atoms with Gasteiger partial charge in [0.15, 0.2) is 0 Å². The van der Waals surface area contributed by atoms with Crippen molar-refractivity contribution in [3.63, 3.8) is 0 Å². The van der Waals surface area contributed by atoms with Gasteiger partial charge in [0.25, 0.3) is 0 Å². The molecule has 0 fully saturated rings. The predicted molar refractivity (Wildman–Crippen MR) is 93.2 cm³/mol. The Balaban J connectivity index is 2.10. The monoisotopic (exact) mass is 346 g/mol. The molecule has 126 valence electrons. The quantitative estimate of drug-likeness (QED) is 0.812. The van der Waals surface area contributed by atoms with Crippen LogP contribution in [0.25, 0.3) is 6.08 Å². The van der Waals surface area contributed by atoms with Gasteiger partial charge >= 0.3 is 0 Å². The summed E-state index contributed by atoms with van der Waals surface area (Å²) >= 11 is 0. The van der Waals surface area contributed by atoms with Crippen molar-refractivity contribution in [3.05, 3.63) is 59.7 Å². The molecule has 0 unspecified atom stereocenters. The second-order valence-electron chi connectivity index (χ2n) is 5.12. The molecule has 2 rings (SSSR count). The molecule has 0 aromatic heterocycles. The summed E-state index contributed by atoms with van der Waals surface area (Å²) < 4.78 is 28.1. The van der Waals surface area contributed by atoms with Crippen molar-refractivity contribution in [1.82, 2.24) is 0 Å². The standard InChI is InChI=1S/C17H18N2O4S/c1-12-3-7-14(11-16(12)24(18,21)22)19-17(20)10-6-13-4-8-15(23-2)9-5-13/h3-11H,1-2H3,(H,19,20)(H2,18,21,22)/b10-6+. The van der Waals surface area contributed by atoms with Crippen LogP contribution in [0.3, 0.4) is 0 Å². The molecule has 6 nitrogen and oxygen atoms in total. The first-order valence-electron chi connectivity index (χ1n) is 7.06. The summed E-state index contributed by atoms with van der Waals surface area (Å²) in [6.45, 7) is 1.63. The van der Waals surface area contributed by atoms with E-state index < -0.39 is 10.0 Å². The fraction of sp³-hybridized carbons (Fsp3) is 0.118. The van der Waals surface area contributed by atoms with Crippen molar-refractivity contribution < 1.29 is 17.9 Å². The third kappa shape index (κ3) is 4.68. The van der Waals surface area contributed by atoms with Gasteiger partial charge in [0.1, 0.15) is 5.75 Å². The smallest absolute Gasteiger partial charge is 0.248 e. The van der Waals surface area contributed by atoms with Crippen LogP contribution in [0, 0.1) is 6.92 Å². The minimum atomic E-state index is -3.83. The molecule has 2 aromatic carbocycles. The molecule has 0 saturated heterocycles. The van der Waals surface area contributed by atoms with E-state index in [0.29, 0.717) is 11.3 Å². The highest BCUT2D eigenvalue weighted by Gasteiger charge is 2.12. The Kier molecular flexibility index (Phi) is 5.38. The summed E-state index contributed by atoms with van der Waals surface area (Å²) in [6.07, 6.45) is 3.00. The molecule has 0 spiro atoms. The minimum Gasteiger partial charge on any atom is -0.497 e. The largest absolute Gasteiger partial charge is 0.497 e. The summed E-state index contributed by atoms with van der Waals surface area (Å²) in [5, 5.41) is 7.75. The van der Waals surface area contributed by atoms with Crippen LogP contribution in [0.2, 0.25) is 0 Å².